The Balaban J connectivity index is 0.00000387. The van der Waals surface area contributed by atoms with E-state index in [0.717, 1.165) is 49.7 Å². The molecule has 14 heteroatoms. The van der Waals surface area contributed by atoms with Crippen LogP contribution in [0.2, 0.25) is 0 Å². The first-order valence-electron chi connectivity index (χ1n) is 13.5. The number of amides is 2. The van der Waals surface area contributed by atoms with E-state index in [2.05, 4.69) is 25.5 Å². The number of methoxy groups -OCH3 is 1. The molecule has 0 unspecified atom stereocenters. The van der Waals surface area contributed by atoms with Crippen molar-refractivity contribution in [3.05, 3.63) is 29.7 Å². The summed E-state index contributed by atoms with van der Waals surface area (Å²) < 4.78 is 50.3. The fraction of sp³-hybridized carbons (Fsp3) is 0.556. The average molecular weight is 598 g/mol. The third-order valence-electron chi connectivity index (χ3n) is 7.97. The number of carbonyl (C=O) groups excluding carboxylic acids is 2. The van der Waals surface area contributed by atoms with Gasteiger partial charge >= 0.3 is 5.92 Å². The molecular formula is C27H35ClF3N7O3. The average Bonchev–Trinajstić information content (AvgIpc) is 3.45. The van der Waals surface area contributed by atoms with E-state index < -0.39 is 30.1 Å². The van der Waals surface area contributed by atoms with Crippen molar-refractivity contribution in [2.45, 2.75) is 56.5 Å². The summed E-state index contributed by atoms with van der Waals surface area (Å²) in [6.07, 6.45) is 6.08. The first-order valence-corrected chi connectivity index (χ1v) is 13.5. The summed E-state index contributed by atoms with van der Waals surface area (Å²) in [5.41, 5.74) is 0.171. The van der Waals surface area contributed by atoms with Crippen LogP contribution in [0.15, 0.2) is 18.3 Å². The molecule has 2 N–H and O–H groups in total. The molecule has 224 valence electrons. The van der Waals surface area contributed by atoms with Crippen LogP contribution in [-0.4, -0.2) is 85.5 Å². The van der Waals surface area contributed by atoms with Crippen LogP contribution in [-0.2, 0) is 4.79 Å². The number of benzene rings is 1. The Morgan fingerprint density at radius 3 is 2.46 bits per heavy atom. The fourth-order valence-corrected chi connectivity index (χ4v) is 5.63. The number of hydrogen-bond acceptors (Lipinski definition) is 8. The number of nitrogens with one attached hydrogen (secondary N) is 2. The highest BCUT2D eigenvalue weighted by molar-refractivity contribution is 6.02. The number of hydrogen-bond donors (Lipinski definition) is 2. The zero-order valence-electron chi connectivity index (χ0n) is 23.3. The summed E-state index contributed by atoms with van der Waals surface area (Å²) in [7, 11) is 4.68. The molecule has 2 fully saturated rings. The van der Waals surface area contributed by atoms with Gasteiger partial charge in [-0.1, -0.05) is 12.8 Å². The Bertz CT molecular complexity index is 1290. The number of alkyl halides is 2. The van der Waals surface area contributed by atoms with Crippen LogP contribution in [0.1, 0.15) is 48.9 Å². The topological polar surface area (TPSA) is 103 Å². The molecule has 41 heavy (non-hydrogen) atoms. The van der Waals surface area contributed by atoms with Gasteiger partial charge in [0.05, 0.1) is 31.1 Å². The zero-order chi connectivity index (χ0) is 28.6. The van der Waals surface area contributed by atoms with Crippen molar-refractivity contribution in [2.75, 3.05) is 56.0 Å². The highest BCUT2D eigenvalue weighted by atomic mass is 35.5. The Labute approximate surface area is 243 Å². The zero-order valence-corrected chi connectivity index (χ0v) is 24.1. The standard InChI is InChI=1S/C27H34F3N7O3.ClH/c1-35-10-8-16(9-11-35)32-24(38)18-12-22(40-3)20(13-19(18)28)33-26-31-14-21-23(34-26)37(17-6-4-5-7-17)15-27(29,30)25(39)36(21)2;/h12-14,16-17H,4-11,15H2,1-3H3,(H,32,38)(H,31,33,34);1H. The second kappa shape index (κ2) is 12.3. The molecule has 1 saturated carbocycles. The number of likely N-dealkylation sites (tertiary alicyclic amines) is 1. The molecule has 0 bridgehead atoms. The second-order valence-corrected chi connectivity index (χ2v) is 10.7. The lowest BCUT2D eigenvalue weighted by atomic mass is 10.0. The number of fused-ring (bicyclic) bond motifs is 1. The second-order valence-electron chi connectivity index (χ2n) is 10.7. The lowest BCUT2D eigenvalue weighted by Crippen LogP contribution is -2.48. The molecule has 2 aromatic rings. The number of piperidine rings is 1. The van der Waals surface area contributed by atoms with E-state index in [1.54, 1.807) is 0 Å². The third-order valence-corrected chi connectivity index (χ3v) is 7.97. The van der Waals surface area contributed by atoms with Gasteiger partial charge in [0.2, 0.25) is 5.95 Å². The molecule has 1 saturated heterocycles. The van der Waals surface area contributed by atoms with Gasteiger partial charge in [-0.15, -0.1) is 12.4 Å². The molecule has 2 amide bonds. The van der Waals surface area contributed by atoms with Crippen molar-refractivity contribution in [3.8, 4) is 5.75 Å². The van der Waals surface area contributed by atoms with Crippen LogP contribution in [0.25, 0.3) is 0 Å². The maximum absolute atomic E-state index is 15.2. The van der Waals surface area contributed by atoms with E-state index in [0.29, 0.717) is 12.8 Å². The number of nitrogens with zero attached hydrogens (tertiary/aromatic N) is 5. The molecule has 10 nitrogen and oxygen atoms in total. The summed E-state index contributed by atoms with van der Waals surface area (Å²) in [6.45, 7) is 0.906. The lowest BCUT2D eigenvalue weighted by Gasteiger charge is -2.31. The van der Waals surface area contributed by atoms with Crippen LogP contribution in [0, 0.1) is 5.82 Å². The molecule has 1 aromatic heterocycles. The number of rotatable bonds is 6. The molecule has 0 atom stereocenters. The summed E-state index contributed by atoms with van der Waals surface area (Å²) in [5.74, 6) is -5.82. The molecule has 2 aliphatic heterocycles. The van der Waals surface area contributed by atoms with Crippen molar-refractivity contribution in [2.24, 2.45) is 0 Å². The van der Waals surface area contributed by atoms with Crippen molar-refractivity contribution in [1.29, 1.82) is 0 Å². The van der Waals surface area contributed by atoms with Gasteiger partial charge < -0.3 is 30.1 Å². The maximum atomic E-state index is 15.2. The van der Waals surface area contributed by atoms with Gasteiger partial charge in [-0.25, -0.2) is 9.37 Å². The summed E-state index contributed by atoms with van der Waals surface area (Å²) in [4.78, 5) is 38.6. The normalized spacial score (nSPS) is 19.8. The van der Waals surface area contributed by atoms with E-state index >= 15 is 4.39 Å². The monoisotopic (exact) mass is 597 g/mol. The Morgan fingerprint density at radius 2 is 1.80 bits per heavy atom. The smallest absolute Gasteiger partial charge is 0.342 e. The minimum atomic E-state index is -3.60. The van der Waals surface area contributed by atoms with Crippen LogP contribution < -0.4 is 25.2 Å². The Kier molecular flexibility index (Phi) is 9.17. The largest absolute Gasteiger partial charge is 0.495 e. The van der Waals surface area contributed by atoms with Gasteiger partial charge in [0.15, 0.2) is 5.82 Å². The van der Waals surface area contributed by atoms with Gasteiger partial charge in [-0.2, -0.15) is 13.8 Å². The minimum Gasteiger partial charge on any atom is -0.495 e. The number of halogens is 4. The lowest BCUT2D eigenvalue weighted by molar-refractivity contribution is -0.140. The predicted octanol–water partition coefficient (Wildman–Crippen LogP) is 3.97. The number of carbonyl (C=O) groups is 2. The van der Waals surface area contributed by atoms with Crippen molar-refractivity contribution >= 4 is 47.4 Å². The van der Waals surface area contributed by atoms with Gasteiger partial charge in [-0.3, -0.25) is 9.59 Å². The van der Waals surface area contributed by atoms with Crippen LogP contribution in [0.4, 0.5) is 36.3 Å². The van der Waals surface area contributed by atoms with E-state index in [-0.39, 0.29) is 58.9 Å². The van der Waals surface area contributed by atoms with Crippen LogP contribution >= 0.6 is 12.4 Å². The summed E-state index contributed by atoms with van der Waals surface area (Å²) in [5, 5.41) is 5.80. The Hall–Kier alpha value is -3.32. The summed E-state index contributed by atoms with van der Waals surface area (Å²) >= 11 is 0. The van der Waals surface area contributed by atoms with Gasteiger partial charge in [0.25, 0.3) is 11.8 Å². The third kappa shape index (κ3) is 6.30. The molecular weight excluding hydrogens is 563 g/mol. The van der Waals surface area contributed by atoms with E-state index in [1.807, 2.05) is 7.05 Å². The van der Waals surface area contributed by atoms with Crippen molar-refractivity contribution < 1.29 is 27.5 Å². The number of ether oxygens (including phenoxy) is 1. The number of anilines is 4. The minimum absolute atomic E-state index is 0. The first-order chi connectivity index (χ1) is 19.1. The molecule has 3 heterocycles. The highest BCUT2D eigenvalue weighted by Gasteiger charge is 2.48. The van der Waals surface area contributed by atoms with E-state index in [4.69, 9.17) is 4.74 Å². The predicted molar refractivity (Wildman–Crippen MR) is 151 cm³/mol. The van der Waals surface area contributed by atoms with E-state index in [9.17, 15) is 18.4 Å². The Morgan fingerprint density at radius 1 is 1.12 bits per heavy atom. The SMILES string of the molecule is COc1cc(C(=O)NC2CCN(C)CC2)c(F)cc1Nc1ncc2c(n1)N(C1CCCC1)CC(F)(F)C(=O)N2C.Cl. The van der Waals surface area contributed by atoms with E-state index in [1.165, 1.54) is 31.3 Å². The number of aromatic nitrogens is 2. The quantitative estimate of drug-likeness (QED) is 0.516. The highest BCUT2D eigenvalue weighted by Crippen LogP contribution is 2.40. The molecule has 0 spiro atoms. The van der Waals surface area contributed by atoms with Crippen molar-refractivity contribution in [1.82, 2.24) is 20.2 Å². The molecule has 1 aromatic carbocycles. The molecule has 1 aliphatic carbocycles. The van der Waals surface area contributed by atoms with Gasteiger partial charge in [0.1, 0.15) is 17.3 Å². The van der Waals surface area contributed by atoms with Crippen LogP contribution in [0.5, 0.6) is 5.75 Å². The first kappa shape index (κ1) is 30.6. The van der Waals surface area contributed by atoms with Crippen LogP contribution in [0.3, 0.4) is 0 Å². The summed E-state index contributed by atoms with van der Waals surface area (Å²) in [6, 6.07) is 2.19. The molecule has 0 radical (unpaired) electrons. The van der Waals surface area contributed by atoms with Crippen molar-refractivity contribution in [3.63, 3.8) is 0 Å². The van der Waals surface area contributed by atoms with Gasteiger partial charge in [0, 0.05) is 25.2 Å². The molecule has 5 rings (SSSR count). The fourth-order valence-electron chi connectivity index (χ4n) is 5.63. The maximum Gasteiger partial charge on any atom is 0.342 e. The molecule has 3 aliphatic rings. The van der Waals surface area contributed by atoms with Gasteiger partial charge in [-0.05, 0) is 51.9 Å².